The molecule has 14 rings (SSSR count). The lowest BCUT2D eigenvalue weighted by atomic mass is 9.72. The van der Waals surface area contributed by atoms with E-state index in [1.807, 2.05) is 117 Å². The van der Waals surface area contributed by atoms with Crippen molar-refractivity contribution in [3.63, 3.8) is 0 Å². The van der Waals surface area contributed by atoms with Gasteiger partial charge in [0.05, 0.1) is 35.7 Å². The fourth-order valence-electron chi connectivity index (χ4n) is 14.5. The highest BCUT2D eigenvalue weighted by Gasteiger charge is 2.34. The van der Waals surface area contributed by atoms with E-state index in [0.717, 1.165) is 65.1 Å². The second-order valence-electron chi connectivity index (χ2n) is 47.3. The summed E-state index contributed by atoms with van der Waals surface area (Å²) in [5.41, 5.74) is 20.3. The maximum Gasteiger partial charge on any atom is 0.228 e. The Balaban J connectivity index is 0.000000356. The lowest BCUT2D eigenvalue weighted by Crippen LogP contribution is -2.27. The maximum absolute atomic E-state index is 11.1. The molecule has 0 radical (unpaired) electrons. The van der Waals surface area contributed by atoms with Crippen molar-refractivity contribution in [2.45, 2.75) is 383 Å². The molecule has 0 unspecified atom stereocenters. The molecule has 126 heavy (non-hydrogen) atoms. The molecular formula is C110H177N13O3. The van der Waals surface area contributed by atoms with Gasteiger partial charge in [0.2, 0.25) is 5.91 Å². The molecule has 2 aliphatic heterocycles. The van der Waals surface area contributed by atoms with E-state index in [0.29, 0.717) is 22.7 Å². The van der Waals surface area contributed by atoms with E-state index < -0.39 is 0 Å². The van der Waals surface area contributed by atoms with Crippen LogP contribution in [0.5, 0.6) is 0 Å². The number of rotatable bonds is 0. The highest BCUT2D eigenvalue weighted by atomic mass is 16.5. The zero-order valence-electron chi connectivity index (χ0n) is 87.3. The molecule has 2 aliphatic carbocycles. The van der Waals surface area contributed by atoms with Crippen LogP contribution in [0.1, 0.15) is 380 Å². The van der Waals surface area contributed by atoms with Crippen molar-refractivity contribution in [1.29, 1.82) is 0 Å². The quantitative estimate of drug-likeness (QED) is 0.146. The van der Waals surface area contributed by atoms with Gasteiger partial charge in [0.25, 0.3) is 0 Å². The minimum atomic E-state index is 0.103. The van der Waals surface area contributed by atoms with Gasteiger partial charge < -0.3 is 14.6 Å². The largest absolute Gasteiger partial charge is 0.381 e. The predicted molar refractivity (Wildman–Crippen MR) is 536 cm³/mol. The van der Waals surface area contributed by atoms with E-state index in [1.165, 1.54) is 113 Å². The van der Waals surface area contributed by atoms with Crippen LogP contribution in [0, 0.1) is 54.8 Å². The number of amides is 1. The Kier molecular flexibility index (Phi) is 42.8. The molecule has 10 aromatic rings. The van der Waals surface area contributed by atoms with Gasteiger partial charge in [0.15, 0.2) is 0 Å². The van der Waals surface area contributed by atoms with Crippen molar-refractivity contribution in [2.75, 3.05) is 18.5 Å². The topological polar surface area (TPSA) is 193 Å². The van der Waals surface area contributed by atoms with E-state index >= 15 is 0 Å². The lowest BCUT2D eigenvalue weighted by molar-refractivity contribution is -0.115. The zero-order chi connectivity index (χ0) is 96.1. The standard InChI is InChI=1S/C12H16N2.C12H15NO.C10H20.C9H16N2.C9H15NO.3C9H13N.C9H18O.C8H12N2.C7H12N2.C7H14/c1-12(2,3)10-6-5-9-8-13-14(4)11(9)7-10;1-12(2,3)9-4-5-10-8(6-9)7-11(14)13-10;1-10(2,3)9-7-5-4-6-8-9;1-7-8(9(2,3)4)6-11(5)10-7;1-6-8(9(3,4)5)7(2)11-10-6;1-9(2,3)8-4-6-10-7-5-8;1-9(2,3)8-5-4-6-10-7-8;1-9(2,3)8-6-4-5-7-10-8;1-9(2,3)8-4-6-10-7-5-8;1-8(2,3)7-4-9-6-10-5-7;1-7(2,3)6-4-8-9-5-6;1-7(2,3)6-4-5-6/h5-8H,1-4H3;4-6H,7H2,1-3H3,(H,13,14);9H,4-8H2,1-3H3;6H,1-5H3;1-5H3;3*4-7H,1-3H3;8H,4-7H2,1-3H3;4-6H,1-3H3;4-5H,1-3H3,(H,8,9);6H,4-5H2,1-3H3. The van der Waals surface area contributed by atoms with Gasteiger partial charge in [0.1, 0.15) is 12.1 Å². The minimum Gasteiger partial charge on any atom is -0.381 e. The Bertz CT molecular complexity index is 4420. The molecule has 700 valence electrons. The first-order valence-electron chi connectivity index (χ1n) is 46.5. The Morgan fingerprint density at radius 2 is 0.921 bits per heavy atom. The SMILES string of the molecule is CC(C)(C)C1CC1.CC(C)(C)C1CCCCC1.CC(C)(C)C1CCOCC1.CC(C)(C)c1ccc2c(c1)CC(=O)N2.CC(C)(C)c1ccccn1.CC(C)(C)c1cccnc1.CC(C)(C)c1ccncc1.CC(C)(C)c1cn[nH]c1.CC(C)(C)c1cncnc1.Cc1nn(C)cc1C(C)(C)C.Cc1noc(C)c1C(C)(C)C.Cn1ncc2ccc(C(C)(C)C)cc21. The van der Waals surface area contributed by atoms with E-state index in [2.05, 4.69) is 373 Å². The zero-order valence-corrected chi connectivity index (χ0v) is 87.3. The van der Waals surface area contributed by atoms with E-state index in [4.69, 9.17) is 9.26 Å². The van der Waals surface area contributed by atoms with Crippen LogP contribution in [-0.2, 0) is 78.8 Å². The second-order valence-corrected chi connectivity index (χ2v) is 47.3. The first-order valence-corrected chi connectivity index (χ1v) is 46.5. The van der Waals surface area contributed by atoms with E-state index in [-0.39, 0.29) is 54.6 Å². The molecule has 10 heterocycles. The molecule has 0 bridgehead atoms. The fraction of sp³-hybridized carbons (Fsp3) is 0.618. The number of anilines is 1. The molecule has 8 aromatic heterocycles. The number of benzene rings is 2. The summed E-state index contributed by atoms with van der Waals surface area (Å²) in [6, 6.07) is 27.0. The van der Waals surface area contributed by atoms with Crippen LogP contribution in [0.25, 0.3) is 10.9 Å². The molecular weight excluding hydrogens is 1550 g/mol. The summed E-state index contributed by atoms with van der Waals surface area (Å²) < 4.78 is 14.2. The predicted octanol–water partition coefficient (Wildman–Crippen LogP) is 29.1. The highest BCUT2D eigenvalue weighted by Crippen LogP contribution is 2.45. The van der Waals surface area contributed by atoms with Gasteiger partial charge in [-0.25, -0.2) is 9.97 Å². The Labute approximate surface area is 767 Å². The average molecular weight is 1730 g/mol. The van der Waals surface area contributed by atoms with Gasteiger partial charge in [-0.1, -0.05) is 310 Å². The normalized spacial score (nSPS) is 14.6. The molecule has 0 atom stereocenters. The summed E-state index contributed by atoms with van der Waals surface area (Å²) >= 11 is 0. The first kappa shape index (κ1) is 112. The smallest absolute Gasteiger partial charge is 0.228 e. The molecule has 16 nitrogen and oxygen atoms in total. The number of carbonyl (C=O) groups is 1. The molecule has 2 aromatic carbocycles. The summed E-state index contributed by atoms with van der Waals surface area (Å²) in [6.45, 7) is 87.9. The molecule has 16 heteroatoms. The molecule has 1 amide bonds. The van der Waals surface area contributed by atoms with Gasteiger partial charge in [-0.2, -0.15) is 15.3 Å². The van der Waals surface area contributed by atoms with Crippen LogP contribution in [0.3, 0.4) is 0 Å². The van der Waals surface area contributed by atoms with Crippen LogP contribution in [0.4, 0.5) is 5.69 Å². The number of aromatic amines is 1. The molecule has 4 aliphatic rings. The van der Waals surface area contributed by atoms with Gasteiger partial charge in [0, 0.05) is 111 Å². The second kappa shape index (κ2) is 48.2. The van der Waals surface area contributed by atoms with Gasteiger partial charge in [-0.15, -0.1) is 0 Å². The van der Waals surface area contributed by atoms with Crippen LogP contribution in [0.15, 0.2) is 158 Å². The summed E-state index contributed by atoms with van der Waals surface area (Å²) in [4.78, 5) is 31.3. The van der Waals surface area contributed by atoms with Crippen molar-refractivity contribution in [1.82, 2.24) is 59.8 Å². The number of carbonyl (C=O) groups excluding carboxylic acids is 1. The third kappa shape index (κ3) is 42.2. The van der Waals surface area contributed by atoms with Crippen molar-refractivity contribution in [2.24, 2.45) is 48.1 Å². The van der Waals surface area contributed by atoms with Crippen molar-refractivity contribution in [3.05, 3.63) is 226 Å². The number of fused-ring (bicyclic) bond motifs is 2. The van der Waals surface area contributed by atoms with E-state index in [9.17, 15) is 4.79 Å². The summed E-state index contributed by atoms with van der Waals surface area (Å²) in [6.07, 6.45) is 35.6. The number of hydrogen-bond donors (Lipinski definition) is 2. The number of nitrogens with one attached hydrogen (secondary N) is 2. The number of H-pyrrole nitrogens is 1. The number of aryl methyl sites for hydroxylation is 5. The average Bonchev–Trinajstić information content (AvgIpc) is 1.67. The minimum absolute atomic E-state index is 0.103. The van der Waals surface area contributed by atoms with E-state index in [1.54, 1.807) is 12.5 Å². The van der Waals surface area contributed by atoms with Crippen LogP contribution in [-0.4, -0.2) is 79.0 Å². The highest BCUT2D eigenvalue weighted by molar-refractivity contribution is 5.99. The molecule has 3 fully saturated rings. The first-order chi connectivity index (χ1) is 57.6. The lowest BCUT2D eigenvalue weighted by Gasteiger charge is -2.33. The van der Waals surface area contributed by atoms with Crippen LogP contribution >= 0.6 is 0 Å². The molecule has 1 saturated heterocycles. The molecule has 2 N–H and O–H groups in total. The third-order valence-electron chi connectivity index (χ3n) is 23.2. The van der Waals surface area contributed by atoms with Crippen molar-refractivity contribution in [3.8, 4) is 0 Å². The van der Waals surface area contributed by atoms with Gasteiger partial charge >= 0.3 is 0 Å². The molecule has 2 saturated carbocycles. The number of hydrogen-bond acceptors (Lipinski definition) is 12. The van der Waals surface area contributed by atoms with Crippen molar-refractivity contribution < 1.29 is 14.1 Å². The monoisotopic (exact) mass is 1730 g/mol. The summed E-state index contributed by atoms with van der Waals surface area (Å²) in [5, 5.41) is 23.1. The Morgan fingerprint density at radius 3 is 1.25 bits per heavy atom. The van der Waals surface area contributed by atoms with Crippen LogP contribution < -0.4 is 5.32 Å². The molecule has 0 spiro atoms. The number of nitrogens with zero attached hydrogens (tertiary/aromatic N) is 11. The van der Waals surface area contributed by atoms with Gasteiger partial charge in [-0.3, -0.25) is 34.2 Å². The van der Waals surface area contributed by atoms with Gasteiger partial charge in [-0.05, 0) is 224 Å². The Morgan fingerprint density at radius 1 is 0.421 bits per heavy atom. The summed E-state index contributed by atoms with van der Waals surface area (Å²) in [7, 11) is 3.94. The summed E-state index contributed by atoms with van der Waals surface area (Å²) in [5.74, 6) is 3.97. The number of aromatic nitrogens is 12. The number of ether oxygens (including phenoxy) is 1. The fourth-order valence-corrected chi connectivity index (χ4v) is 14.5. The van der Waals surface area contributed by atoms with Crippen molar-refractivity contribution >= 4 is 22.5 Å². The maximum atomic E-state index is 11.1. The number of pyridine rings is 3. The Hall–Kier alpha value is -8.50. The van der Waals surface area contributed by atoms with Crippen LogP contribution in [0.2, 0.25) is 0 Å². The third-order valence-corrected chi connectivity index (χ3v) is 23.2.